The quantitative estimate of drug-likeness (QED) is 0.773. The first-order valence-corrected chi connectivity index (χ1v) is 9.75. The van der Waals surface area contributed by atoms with Crippen molar-refractivity contribution in [1.82, 2.24) is 9.62 Å². The second-order valence-corrected chi connectivity index (χ2v) is 8.32. The van der Waals surface area contributed by atoms with E-state index in [2.05, 4.69) is 21.2 Å². The Kier molecular flexibility index (Phi) is 8.12. The maximum absolute atomic E-state index is 12.9. The third-order valence-corrected chi connectivity index (χ3v) is 6.82. The molecule has 1 aromatic rings. The van der Waals surface area contributed by atoms with Crippen molar-refractivity contribution >= 4 is 50.0 Å². The lowest BCUT2D eigenvalue weighted by atomic mass is 10.1. The molecule has 2 rings (SSSR count). The first-order chi connectivity index (χ1) is 9.96. The zero-order valence-electron chi connectivity index (χ0n) is 12.4. The van der Waals surface area contributed by atoms with Crippen molar-refractivity contribution in [1.29, 1.82) is 0 Å². The highest BCUT2D eigenvalue weighted by Crippen LogP contribution is 2.29. The molecular weight excluding hydrogens is 411 g/mol. The van der Waals surface area contributed by atoms with E-state index in [0.717, 1.165) is 32.4 Å². The number of hydrogen-bond acceptors (Lipinski definition) is 3. The van der Waals surface area contributed by atoms with Gasteiger partial charge < -0.3 is 5.32 Å². The van der Waals surface area contributed by atoms with Crippen LogP contribution < -0.4 is 5.32 Å². The van der Waals surface area contributed by atoms with Gasteiger partial charge in [0.15, 0.2) is 0 Å². The van der Waals surface area contributed by atoms with Gasteiger partial charge in [-0.3, -0.25) is 0 Å². The minimum Gasteiger partial charge on any atom is -0.317 e. The van der Waals surface area contributed by atoms with Gasteiger partial charge in [0.1, 0.15) is 0 Å². The topological polar surface area (TPSA) is 49.4 Å². The fourth-order valence-corrected chi connectivity index (χ4v) is 5.04. The van der Waals surface area contributed by atoms with Crippen molar-refractivity contribution < 1.29 is 8.42 Å². The van der Waals surface area contributed by atoms with Gasteiger partial charge in [0.2, 0.25) is 10.0 Å². The Balaban J connectivity index is 0.00000242. The molecule has 4 nitrogen and oxygen atoms in total. The minimum absolute atomic E-state index is 0. The summed E-state index contributed by atoms with van der Waals surface area (Å²) in [7, 11) is -3.49. The first kappa shape index (κ1) is 20.2. The first-order valence-electron chi connectivity index (χ1n) is 7.14. The second-order valence-electron chi connectivity index (χ2n) is 5.17. The van der Waals surface area contributed by atoms with Gasteiger partial charge in [0, 0.05) is 17.1 Å². The number of rotatable bonds is 5. The highest BCUT2D eigenvalue weighted by atomic mass is 79.9. The number of nitrogens with zero attached hydrogens (tertiary/aromatic N) is 1. The summed E-state index contributed by atoms with van der Waals surface area (Å²) in [5, 5.41) is 3.78. The molecular formula is C14H21BrCl2N2O2S. The molecule has 0 aromatic heterocycles. The van der Waals surface area contributed by atoms with Crippen LogP contribution in [-0.2, 0) is 10.0 Å². The molecule has 1 N–H and O–H groups in total. The van der Waals surface area contributed by atoms with Crippen molar-refractivity contribution in [3.63, 3.8) is 0 Å². The maximum atomic E-state index is 12.9. The van der Waals surface area contributed by atoms with Crippen LogP contribution in [0, 0.1) is 0 Å². The standard InChI is InChI=1S/C14H20BrClN2O2S.ClH/c1-2-9-18(11-5-7-17-8-6-11)21(19,20)12-3-4-14(16)13(15)10-12;/h3-4,10-11,17H,2,5-9H2,1H3;1H. The average Bonchev–Trinajstić information content (AvgIpc) is 2.48. The molecule has 0 atom stereocenters. The third-order valence-electron chi connectivity index (χ3n) is 3.66. The largest absolute Gasteiger partial charge is 0.317 e. The molecule has 0 radical (unpaired) electrons. The highest BCUT2D eigenvalue weighted by Gasteiger charge is 2.31. The zero-order valence-corrected chi connectivity index (χ0v) is 16.4. The Bertz CT molecular complexity index is 593. The highest BCUT2D eigenvalue weighted by molar-refractivity contribution is 9.10. The fourth-order valence-electron chi connectivity index (χ4n) is 2.59. The Morgan fingerprint density at radius 2 is 2.00 bits per heavy atom. The van der Waals surface area contributed by atoms with Crippen LogP contribution in [0.3, 0.4) is 0 Å². The lowest BCUT2D eigenvalue weighted by Gasteiger charge is -2.33. The number of halogens is 3. The summed E-state index contributed by atoms with van der Waals surface area (Å²) in [5.41, 5.74) is 0. The molecule has 0 unspecified atom stereocenters. The van der Waals surface area contributed by atoms with E-state index in [1.807, 2.05) is 6.92 Å². The van der Waals surface area contributed by atoms with Gasteiger partial charge in [-0.1, -0.05) is 18.5 Å². The van der Waals surface area contributed by atoms with E-state index in [-0.39, 0.29) is 18.4 Å². The van der Waals surface area contributed by atoms with Crippen molar-refractivity contribution in [2.75, 3.05) is 19.6 Å². The minimum atomic E-state index is -3.49. The monoisotopic (exact) mass is 430 g/mol. The molecule has 1 aliphatic rings. The van der Waals surface area contributed by atoms with Gasteiger partial charge >= 0.3 is 0 Å². The van der Waals surface area contributed by atoms with Crippen LogP contribution in [0.4, 0.5) is 0 Å². The smallest absolute Gasteiger partial charge is 0.243 e. The number of piperidine rings is 1. The summed E-state index contributed by atoms with van der Waals surface area (Å²) in [5.74, 6) is 0. The van der Waals surface area contributed by atoms with Crippen molar-refractivity contribution in [3.05, 3.63) is 27.7 Å². The predicted molar refractivity (Wildman–Crippen MR) is 96.5 cm³/mol. The van der Waals surface area contributed by atoms with Crippen LogP contribution >= 0.6 is 39.9 Å². The van der Waals surface area contributed by atoms with Crippen LogP contribution in [0.15, 0.2) is 27.6 Å². The molecule has 1 heterocycles. The van der Waals surface area contributed by atoms with Crippen LogP contribution in [0.1, 0.15) is 26.2 Å². The van der Waals surface area contributed by atoms with Gasteiger partial charge in [-0.15, -0.1) is 12.4 Å². The Morgan fingerprint density at radius 1 is 1.36 bits per heavy atom. The van der Waals surface area contributed by atoms with Crippen LogP contribution in [-0.4, -0.2) is 38.4 Å². The molecule has 0 amide bonds. The molecule has 1 aliphatic heterocycles. The van der Waals surface area contributed by atoms with Crippen LogP contribution in [0.5, 0.6) is 0 Å². The van der Waals surface area contributed by atoms with Crippen molar-refractivity contribution in [3.8, 4) is 0 Å². The fraction of sp³-hybridized carbons (Fsp3) is 0.571. The zero-order chi connectivity index (χ0) is 15.5. The molecule has 22 heavy (non-hydrogen) atoms. The summed E-state index contributed by atoms with van der Waals surface area (Å²) in [6.07, 6.45) is 2.51. The lowest BCUT2D eigenvalue weighted by Crippen LogP contribution is -2.46. The molecule has 126 valence electrons. The van der Waals surface area contributed by atoms with Gasteiger partial charge in [0.05, 0.1) is 9.92 Å². The van der Waals surface area contributed by atoms with Gasteiger partial charge in [-0.05, 0) is 66.5 Å². The van der Waals surface area contributed by atoms with E-state index < -0.39 is 10.0 Å². The number of sulfonamides is 1. The van der Waals surface area contributed by atoms with Crippen LogP contribution in [0.25, 0.3) is 0 Å². The predicted octanol–water partition coefficient (Wildman–Crippen LogP) is 3.68. The summed E-state index contributed by atoms with van der Waals surface area (Å²) >= 11 is 9.25. The van der Waals surface area contributed by atoms with Gasteiger partial charge in [-0.2, -0.15) is 4.31 Å². The Morgan fingerprint density at radius 3 is 2.55 bits per heavy atom. The molecule has 0 spiro atoms. The molecule has 8 heteroatoms. The molecule has 1 saturated heterocycles. The average molecular weight is 432 g/mol. The van der Waals surface area contributed by atoms with Crippen molar-refractivity contribution in [2.24, 2.45) is 0 Å². The molecule has 0 saturated carbocycles. The van der Waals surface area contributed by atoms with E-state index in [0.29, 0.717) is 20.9 Å². The number of hydrogen-bond donors (Lipinski definition) is 1. The van der Waals surface area contributed by atoms with Crippen molar-refractivity contribution in [2.45, 2.75) is 37.1 Å². The van der Waals surface area contributed by atoms with E-state index in [4.69, 9.17) is 11.6 Å². The number of benzene rings is 1. The van der Waals surface area contributed by atoms with E-state index >= 15 is 0 Å². The molecule has 0 bridgehead atoms. The summed E-state index contributed by atoms with van der Waals surface area (Å²) in [6, 6.07) is 4.85. The Hall–Kier alpha value is 0.150. The second kappa shape index (κ2) is 8.85. The number of nitrogens with one attached hydrogen (secondary N) is 1. The molecule has 1 aromatic carbocycles. The summed E-state index contributed by atoms with van der Waals surface area (Å²) in [6.45, 7) is 4.28. The van der Waals surface area contributed by atoms with Gasteiger partial charge in [-0.25, -0.2) is 8.42 Å². The van der Waals surface area contributed by atoms with Crippen LogP contribution in [0.2, 0.25) is 5.02 Å². The van der Waals surface area contributed by atoms with E-state index in [1.54, 1.807) is 22.5 Å². The molecule has 1 fully saturated rings. The van der Waals surface area contributed by atoms with E-state index in [1.165, 1.54) is 0 Å². The van der Waals surface area contributed by atoms with Gasteiger partial charge in [0.25, 0.3) is 0 Å². The SMILES string of the molecule is CCCN(C1CCNCC1)S(=O)(=O)c1ccc(Cl)c(Br)c1.Cl. The van der Waals surface area contributed by atoms with E-state index in [9.17, 15) is 8.42 Å². The maximum Gasteiger partial charge on any atom is 0.243 e. The summed E-state index contributed by atoms with van der Waals surface area (Å²) in [4.78, 5) is 0.297. The Labute approximate surface area is 152 Å². The summed E-state index contributed by atoms with van der Waals surface area (Å²) < 4.78 is 28.1. The molecule has 0 aliphatic carbocycles. The lowest BCUT2D eigenvalue weighted by molar-refractivity contribution is 0.262. The normalized spacial score (nSPS) is 16.5. The third kappa shape index (κ3) is 4.58.